The van der Waals surface area contributed by atoms with Gasteiger partial charge in [0.05, 0.1) is 5.69 Å². The lowest BCUT2D eigenvalue weighted by atomic mass is 10.4. The van der Waals surface area contributed by atoms with E-state index in [9.17, 15) is 17.6 Å². The molecule has 0 fully saturated rings. The molecule has 2 N–H and O–H groups in total. The molecule has 124 valence electrons. The standard InChI is InChI=1S/C14H16FN3O3S2/c1-9-10(2)22-14(17-9)18-13(19)7-8-16-23(20,21)12-6-4-3-5-11(12)15/h3-6,16H,7-8H2,1-2H3,(H,17,18,19). The lowest BCUT2D eigenvalue weighted by molar-refractivity contribution is -0.116. The molecule has 0 aliphatic carbocycles. The maximum absolute atomic E-state index is 13.5. The Balaban J connectivity index is 1.89. The molecule has 0 aliphatic rings. The zero-order valence-corrected chi connectivity index (χ0v) is 14.2. The summed E-state index contributed by atoms with van der Waals surface area (Å²) < 4.78 is 39.6. The molecular weight excluding hydrogens is 341 g/mol. The molecule has 1 aromatic carbocycles. The fraction of sp³-hybridized carbons (Fsp3) is 0.286. The number of aromatic nitrogens is 1. The molecule has 0 aliphatic heterocycles. The molecule has 6 nitrogen and oxygen atoms in total. The number of aryl methyl sites for hydroxylation is 2. The Morgan fingerprint density at radius 3 is 2.61 bits per heavy atom. The van der Waals surface area contributed by atoms with Crippen molar-refractivity contribution in [2.75, 3.05) is 11.9 Å². The maximum atomic E-state index is 13.5. The number of amides is 1. The maximum Gasteiger partial charge on any atom is 0.243 e. The van der Waals surface area contributed by atoms with Crippen LogP contribution in [0.5, 0.6) is 0 Å². The third kappa shape index (κ3) is 4.57. The highest BCUT2D eigenvalue weighted by Crippen LogP contribution is 2.21. The van der Waals surface area contributed by atoms with Crippen molar-refractivity contribution in [2.24, 2.45) is 0 Å². The summed E-state index contributed by atoms with van der Waals surface area (Å²) in [6, 6.07) is 5.06. The summed E-state index contributed by atoms with van der Waals surface area (Å²) in [7, 11) is -3.98. The summed E-state index contributed by atoms with van der Waals surface area (Å²) in [6.07, 6.45) is -0.0780. The molecule has 0 saturated carbocycles. The Morgan fingerprint density at radius 2 is 2.00 bits per heavy atom. The quantitative estimate of drug-likeness (QED) is 0.830. The van der Waals surface area contributed by atoms with Crippen LogP contribution in [0.3, 0.4) is 0 Å². The largest absolute Gasteiger partial charge is 0.302 e. The Hall–Kier alpha value is -1.84. The average Bonchev–Trinajstić information content (AvgIpc) is 2.77. The first-order valence-corrected chi connectivity index (χ1v) is 9.07. The summed E-state index contributed by atoms with van der Waals surface area (Å²) >= 11 is 1.35. The molecule has 0 bridgehead atoms. The highest BCUT2D eigenvalue weighted by atomic mass is 32.2. The molecule has 0 saturated heterocycles. The summed E-state index contributed by atoms with van der Waals surface area (Å²) in [5, 5.41) is 3.07. The topological polar surface area (TPSA) is 88.2 Å². The van der Waals surface area contributed by atoms with E-state index < -0.39 is 20.7 Å². The molecule has 2 aromatic rings. The number of carbonyl (C=O) groups excluding carboxylic acids is 1. The van der Waals surface area contributed by atoms with Gasteiger partial charge in [0.1, 0.15) is 10.7 Å². The number of sulfonamides is 1. The van der Waals surface area contributed by atoms with Gasteiger partial charge in [-0.3, -0.25) is 4.79 Å². The number of nitrogens with zero attached hydrogens (tertiary/aromatic N) is 1. The van der Waals surface area contributed by atoms with E-state index in [2.05, 4.69) is 15.0 Å². The predicted octanol–water partition coefficient (Wildman–Crippen LogP) is 2.21. The van der Waals surface area contributed by atoms with E-state index in [0.717, 1.165) is 16.6 Å². The molecule has 23 heavy (non-hydrogen) atoms. The van der Waals surface area contributed by atoms with Gasteiger partial charge in [0, 0.05) is 17.8 Å². The van der Waals surface area contributed by atoms with Crippen LogP contribution in [0.4, 0.5) is 9.52 Å². The third-order valence-corrected chi connectivity index (χ3v) is 5.53. The number of halogens is 1. The van der Waals surface area contributed by atoms with Crippen molar-refractivity contribution in [3.05, 3.63) is 40.7 Å². The van der Waals surface area contributed by atoms with Gasteiger partial charge in [0.15, 0.2) is 5.13 Å². The van der Waals surface area contributed by atoms with E-state index in [4.69, 9.17) is 0 Å². The number of thiazole rings is 1. The SMILES string of the molecule is Cc1nc(NC(=O)CCNS(=O)(=O)c2ccccc2F)sc1C. The number of nitrogens with one attached hydrogen (secondary N) is 2. The normalized spacial score (nSPS) is 11.4. The molecule has 0 unspecified atom stereocenters. The Morgan fingerprint density at radius 1 is 1.30 bits per heavy atom. The number of hydrogen-bond acceptors (Lipinski definition) is 5. The average molecular weight is 357 g/mol. The fourth-order valence-corrected chi connectivity index (χ4v) is 3.69. The van der Waals surface area contributed by atoms with Gasteiger partial charge < -0.3 is 5.32 Å². The minimum absolute atomic E-state index is 0.0780. The first-order valence-electron chi connectivity index (χ1n) is 6.77. The highest BCUT2D eigenvalue weighted by Gasteiger charge is 2.18. The Kier molecular flexibility index (Phi) is 5.45. The number of anilines is 1. The van der Waals surface area contributed by atoms with E-state index in [0.29, 0.717) is 5.13 Å². The second kappa shape index (κ2) is 7.16. The van der Waals surface area contributed by atoms with Gasteiger partial charge in [-0.2, -0.15) is 0 Å². The number of benzene rings is 1. The van der Waals surface area contributed by atoms with Crippen molar-refractivity contribution in [1.29, 1.82) is 0 Å². The zero-order valence-electron chi connectivity index (χ0n) is 12.6. The molecule has 9 heteroatoms. The van der Waals surface area contributed by atoms with Crippen LogP contribution in [0, 0.1) is 19.7 Å². The second-order valence-corrected chi connectivity index (χ2v) is 7.73. The smallest absolute Gasteiger partial charge is 0.243 e. The van der Waals surface area contributed by atoms with E-state index in [-0.39, 0.29) is 18.9 Å². The zero-order chi connectivity index (χ0) is 17.0. The molecule has 1 aromatic heterocycles. The van der Waals surface area contributed by atoms with Crippen LogP contribution >= 0.6 is 11.3 Å². The van der Waals surface area contributed by atoms with Crippen molar-refractivity contribution < 1.29 is 17.6 Å². The monoisotopic (exact) mass is 357 g/mol. The minimum Gasteiger partial charge on any atom is -0.302 e. The van der Waals surface area contributed by atoms with Crippen LogP contribution in [0.1, 0.15) is 17.0 Å². The van der Waals surface area contributed by atoms with Crippen LogP contribution < -0.4 is 10.0 Å². The summed E-state index contributed by atoms with van der Waals surface area (Å²) in [4.78, 5) is 16.5. The van der Waals surface area contributed by atoms with Crippen LogP contribution in [-0.4, -0.2) is 25.9 Å². The van der Waals surface area contributed by atoms with Crippen molar-refractivity contribution in [3.63, 3.8) is 0 Å². The van der Waals surface area contributed by atoms with Gasteiger partial charge in [-0.25, -0.2) is 22.5 Å². The van der Waals surface area contributed by atoms with Crippen LogP contribution in [-0.2, 0) is 14.8 Å². The van der Waals surface area contributed by atoms with Gasteiger partial charge in [0.2, 0.25) is 15.9 Å². The van der Waals surface area contributed by atoms with Gasteiger partial charge in [-0.1, -0.05) is 12.1 Å². The third-order valence-electron chi connectivity index (χ3n) is 3.05. The first kappa shape index (κ1) is 17.5. The van der Waals surface area contributed by atoms with E-state index in [1.54, 1.807) is 0 Å². The molecule has 1 amide bonds. The lowest BCUT2D eigenvalue weighted by Crippen LogP contribution is -2.28. The van der Waals surface area contributed by atoms with E-state index in [1.165, 1.54) is 29.5 Å². The molecule has 2 rings (SSSR count). The minimum atomic E-state index is -3.98. The van der Waals surface area contributed by atoms with E-state index in [1.807, 2.05) is 13.8 Å². The highest BCUT2D eigenvalue weighted by molar-refractivity contribution is 7.89. The van der Waals surface area contributed by atoms with Gasteiger partial charge in [0.25, 0.3) is 0 Å². The van der Waals surface area contributed by atoms with Crippen LogP contribution in [0.2, 0.25) is 0 Å². The van der Waals surface area contributed by atoms with Crippen LogP contribution in [0.15, 0.2) is 29.2 Å². The lowest BCUT2D eigenvalue weighted by Gasteiger charge is -2.07. The van der Waals surface area contributed by atoms with Gasteiger partial charge >= 0.3 is 0 Å². The number of rotatable bonds is 6. The van der Waals surface area contributed by atoms with Crippen molar-refractivity contribution in [3.8, 4) is 0 Å². The summed E-state index contributed by atoms with van der Waals surface area (Å²) in [5.41, 5.74) is 0.838. The molecule has 0 radical (unpaired) electrons. The summed E-state index contributed by atoms with van der Waals surface area (Å²) in [5.74, 6) is -1.20. The Bertz CT molecular complexity index is 799. The molecule has 0 spiro atoms. The fourth-order valence-electron chi connectivity index (χ4n) is 1.75. The predicted molar refractivity (Wildman–Crippen MR) is 86.4 cm³/mol. The first-order chi connectivity index (χ1) is 10.8. The molecular formula is C14H16FN3O3S2. The van der Waals surface area contributed by atoms with Crippen molar-refractivity contribution >= 4 is 32.4 Å². The van der Waals surface area contributed by atoms with Crippen LogP contribution in [0.25, 0.3) is 0 Å². The van der Waals surface area contributed by atoms with Gasteiger partial charge in [-0.05, 0) is 26.0 Å². The van der Waals surface area contributed by atoms with Crippen molar-refractivity contribution in [2.45, 2.75) is 25.2 Å². The molecule has 0 atom stereocenters. The number of hydrogen-bond donors (Lipinski definition) is 2. The Labute approximate surface area is 137 Å². The summed E-state index contributed by atoms with van der Waals surface area (Å²) in [6.45, 7) is 3.60. The van der Waals surface area contributed by atoms with Crippen molar-refractivity contribution in [1.82, 2.24) is 9.71 Å². The second-order valence-electron chi connectivity index (χ2n) is 4.79. The van der Waals surface area contributed by atoms with Gasteiger partial charge in [-0.15, -0.1) is 11.3 Å². The molecule has 1 heterocycles. The van der Waals surface area contributed by atoms with E-state index >= 15 is 0 Å². The number of carbonyl (C=O) groups is 1.